The molecule has 146 valence electrons. The highest BCUT2D eigenvalue weighted by Gasteiger charge is 2.24. The van der Waals surface area contributed by atoms with Crippen molar-refractivity contribution in [1.82, 2.24) is 0 Å². The summed E-state index contributed by atoms with van der Waals surface area (Å²) in [7, 11) is -3.63. The van der Waals surface area contributed by atoms with Crippen LogP contribution in [-0.2, 0) is 10.0 Å². The Labute approximate surface area is 165 Å². The van der Waals surface area contributed by atoms with Crippen molar-refractivity contribution in [2.24, 2.45) is 0 Å². The number of anilines is 2. The first-order chi connectivity index (χ1) is 13.6. The minimum Gasteiger partial charge on any atom is -0.490 e. The molecule has 3 rings (SSSR count). The maximum absolute atomic E-state index is 13.0. The number of sulfonamides is 1. The first kappa shape index (κ1) is 19.7. The van der Waals surface area contributed by atoms with Crippen LogP contribution in [0.4, 0.5) is 11.5 Å². The van der Waals surface area contributed by atoms with Gasteiger partial charge in [0.05, 0.1) is 5.69 Å². The number of benzene rings is 2. The van der Waals surface area contributed by atoms with Crippen LogP contribution >= 0.6 is 0 Å². The van der Waals surface area contributed by atoms with E-state index in [2.05, 4.69) is 10.3 Å². The van der Waals surface area contributed by atoms with Crippen LogP contribution in [0.2, 0.25) is 0 Å². The summed E-state index contributed by atoms with van der Waals surface area (Å²) in [5.41, 5.74) is 0.644. The summed E-state index contributed by atoms with van der Waals surface area (Å²) in [4.78, 5) is 3.21. The van der Waals surface area contributed by atoms with Gasteiger partial charge in [-0.05, 0) is 37.3 Å². The molecule has 28 heavy (non-hydrogen) atoms. The average molecular weight is 399 g/mol. The van der Waals surface area contributed by atoms with Gasteiger partial charge in [-0.15, -0.1) is 0 Å². The first-order valence-electron chi connectivity index (χ1n) is 9.12. The lowest BCUT2D eigenvalue weighted by Crippen LogP contribution is -2.31. The van der Waals surface area contributed by atoms with Crippen LogP contribution in [0.15, 0.2) is 83.9 Å². The van der Waals surface area contributed by atoms with Gasteiger partial charge in [-0.3, -0.25) is 9.62 Å². The van der Waals surface area contributed by atoms with Crippen molar-refractivity contribution in [1.29, 1.82) is 0 Å². The molecule has 3 aromatic rings. The minimum absolute atomic E-state index is 0.212. The zero-order valence-corrected chi connectivity index (χ0v) is 16.5. The third-order valence-electron chi connectivity index (χ3n) is 4.13. The highest BCUT2D eigenvalue weighted by Crippen LogP contribution is 2.22. The van der Waals surface area contributed by atoms with Crippen molar-refractivity contribution in [2.45, 2.75) is 11.8 Å². The Bertz CT molecular complexity index is 963. The molecule has 7 heteroatoms. The maximum atomic E-state index is 13.0. The van der Waals surface area contributed by atoms with Gasteiger partial charge >= 0.3 is 0 Å². The summed E-state index contributed by atoms with van der Waals surface area (Å²) in [6.07, 6.45) is 1.50. The van der Waals surface area contributed by atoms with Gasteiger partial charge in [0.25, 0.3) is 15.8 Å². The summed E-state index contributed by atoms with van der Waals surface area (Å²) in [5, 5.41) is 3.18. The molecule has 2 N–H and O–H groups in total. The van der Waals surface area contributed by atoms with Crippen LogP contribution in [-0.4, -0.2) is 28.1 Å². The zero-order valence-electron chi connectivity index (χ0n) is 15.7. The van der Waals surface area contributed by atoms with Gasteiger partial charge in [-0.2, -0.15) is 0 Å². The van der Waals surface area contributed by atoms with Crippen molar-refractivity contribution in [3.63, 3.8) is 0 Å². The van der Waals surface area contributed by atoms with Crippen LogP contribution in [0.3, 0.4) is 0 Å². The molecule has 6 nitrogen and oxygen atoms in total. The van der Waals surface area contributed by atoms with Gasteiger partial charge in [0.15, 0.2) is 0 Å². The van der Waals surface area contributed by atoms with Crippen LogP contribution < -0.4 is 19.3 Å². The van der Waals surface area contributed by atoms with E-state index in [0.29, 0.717) is 25.4 Å². The summed E-state index contributed by atoms with van der Waals surface area (Å²) in [6, 6.07) is 22.0. The fourth-order valence-electron chi connectivity index (χ4n) is 2.77. The highest BCUT2D eigenvalue weighted by atomic mass is 32.2. The lowest BCUT2D eigenvalue weighted by Gasteiger charge is -2.22. The summed E-state index contributed by atoms with van der Waals surface area (Å²) < 4.78 is 32.9. The Morgan fingerprint density at radius 2 is 1.64 bits per heavy atom. The molecule has 2 aromatic carbocycles. The fraction of sp³-hybridized carbons (Fsp3) is 0.190. The molecule has 0 aliphatic carbocycles. The molecule has 0 atom stereocenters. The van der Waals surface area contributed by atoms with Gasteiger partial charge in [0, 0.05) is 12.6 Å². The minimum atomic E-state index is -3.63. The Morgan fingerprint density at radius 1 is 0.964 bits per heavy atom. The van der Waals surface area contributed by atoms with Gasteiger partial charge < -0.3 is 4.74 Å². The maximum Gasteiger partial charge on any atom is 0.272 e. The number of pyridine rings is 1. The Hall–Kier alpha value is -3.06. The van der Waals surface area contributed by atoms with E-state index in [1.165, 1.54) is 10.5 Å². The monoisotopic (exact) mass is 398 g/mol. The van der Waals surface area contributed by atoms with E-state index in [1.54, 1.807) is 24.3 Å². The molecule has 0 unspecified atom stereocenters. The van der Waals surface area contributed by atoms with E-state index in [9.17, 15) is 8.42 Å². The largest absolute Gasteiger partial charge is 0.490 e. The number of nitrogens with zero attached hydrogens (tertiary/aromatic N) is 1. The molecule has 0 aliphatic heterocycles. The molecule has 0 amide bonds. The fourth-order valence-corrected chi connectivity index (χ4v) is 4.21. The predicted octanol–water partition coefficient (Wildman–Crippen LogP) is 3.21. The van der Waals surface area contributed by atoms with Crippen LogP contribution in [0.1, 0.15) is 6.92 Å². The smallest absolute Gasteiger partial charge is 0.272 e. The molecule has 0 saturated heterocycles. The number of nitrogens with one attached hydrogen (secondary N) is 2. The molecule has 0 radical (unpaired) electrons. The summed E-state index contributed by atoms with van der Waals surface area (Å²) in [5.74, 6) is 1.54. The number of rotatable bonds is 9. The number of hydrogen-bond acceptors (Lipinski definition) is 4. The van der Waals surface area contributed by atoms with Crippen molar-refractivity contribution in [3.8, 4) is 5.75 Å². The van der Waals surface area contributed by atoms with Crippen LogP contribution in [0.25, 0.3) is 0 Å². The normalized spacial score (nSPS) is 11.0. The molecule has 1 aromatic heterocycles. The predicted molar refractivity (Wildman–Crippen MR) is 110 cm³/mol. The molecule has 0 bridgehead atoms. The molecular formula is C21H24N3O3S+. The van der Waals surface area contributed by atoms with Crippen molar-refractivity contribution >= 4 is 21.5 Å². The quantitative estimate of drug-likeness (QED) is 0.562. The van der Waals surface area contributed by atoms with E-state index < -0.39 is 10.0 Å². The van der Waals surface area contributed by atoms with E-state index in [4.69, 9.17) is 4.74 Å². The second kappa shape index (κ2) is 9.23. The number of hydrogen-bond donors (Lipinski definition) is 1. The third-order valence-corrected chi connectivity index (χ3v) is 6.03. The molecule has 0 saturated carbocycles. The molecular weight excluding hydrogens is 374 g/mol. The van der Waals surface area contributed by atoms with Gasteiger partial charge in [0.1, 0.15) is 30.0 Å². The van der Waals surface area contributed by atoms with E-state index >= 15 is 0 Å². The van der Waals surface area contributed by atoms with Crippen molar-refractivity contribution in [2.75, 3.05) is 29.3 Å². The van der Waals surface area contributed by atoms with Crippen molar-refractivity contribution in [3.05, 3.63) is 79.0 Å². The topological polar surface area (TPSA) is 72.8 Å². The lowest BCUT2D eigenvalue weighted by molar-refractivity contribution is -0.364. The summed E-state index contributed by atoms with van der Waals surface area (Å²) >= 11 is 0. The number of ether oxygens (including phenoxy) is 1. The van der Waals surface area contributed by atoms with Gasteiger partial charge in [-0.25, -0.2) is 13.4 Å². The Balaban J connectivity index is 1.61. The van der Waals surface area contributed by atoms with Gasteiger partial charge in [-0.1, -0.05) is 36.4 Å². The Morgan fingerprint density at radius 3 is 2.25 bits per heavy atom. The van der Waals surface area contributed by atoms with Crippen LogP contribution in [0.5, 0.6) is 5.75 Å². The number of H-pyrrole nitrogens is 1. The van der Waals surface area contributed by atoms with Crippen molar-refractivity contribution < 1.29 is 18.1 Å². The Kier molecular flexibility index (Phi) is 6.49. The number of aromatic nitrogens is 1. The first-order valence-corrected chi connectivity index (χ1v) is 10.6. The third kappa shape index (κ3) is 4.80. The average Bonchev–Trinajstić information content (AvgIpc) is 2.73. The van der Waals surface area contributed by atoms with Crippen LogP contribution in [0, 0.1) is 0 Å². The SMILES string of the molecule is CCN(c1ccccc1)S(=O)(=O)c1ccc(NCCOc2ccccc2)[nH+]c1. The molecule has 1 heterocycles. The zero-order chi connectivity index (χ0) is 19.8. The van der Waals surface area contributed by atoms with E-state index in [-0.39, 0.29) is 4.90 Å². The second-order valence-corrected chi connectivity index (χ2v) is 7.89. The highest BCUT2D eigenvalue weighted by molar-refractivity contribution is 7.92. The van der Waals surface area contributed by atoms with E-state index in [1.807, 2.05) is 55.5 Å². The lowest BCUT2D eigenvalue weighted by atomic mass is 10.3. The summed E-state index contributed by atoms with van der Waals surface area (Å²) in [6.45, 7) is 3.25. The number of para-hydroxylation sites is 2. The second-order valence-electron chi connectivity index (χ2n) is 6.03. The number of aromatic amines is 1. The molecule has 0 fully saturated rings. The molecule has 0 aliphatic rings. The molecule has 0 spiro atoms. The van der Waals surface area contributed by atoms with E-state index in [0.717, 1.165) is 11.6 Å². The van der Waals surface area contributed by atoms with Gasteiger partial charge in [0.2, 0.25) is 0 Å². The standard InChI is InChI=1S/C21H23N3O3S/c1-2-24(18-9-5-3-6-10-18)28(25,26)20-13-14-21(23-17-20)22-15-16-27-19-11-7-4-8-12-19/h3-14,17H,2,15-16H2,1H3,(H,22,23)/p+1.